The fourth-order valence-electron chi connectivity index (χ4n) is 2.24. The summed E-state index contributed by atoms with van der Waals surface area (Å²) in [5.41, 5.74) is 2.38. The molecule has 0 atom stereocenters. The van der Waals surface area contributed by atoms with Crippen molar-refractivity contribution in [2.24, 2.45) is 0 Å². The summed E-state index contributed by atoms with van der Waals surface area (Å²) in [5.74, 6) is 0.890. The van der Waals surface area contributed by atoms with Gasteiger partial charge in [-0.1, -0.05) is 16.8 Å². The highest BCUT2D eigenvalue weighted by Gasteiger charge is 2.15. The van der Waals surface area contributed by atoms with Gasteiger partial charge in [0.2, 0.25) is 0 Å². The van der Waals surface area contributed by atoms with Crippen LogP contribution in [-0.4, -0.2) is 20.8 Å². The van der Waals surface area contributed by atoms with Crippen LogP contribution in [0.2, 0.25) is 5.02 Å². The summed E-state index contributed by atoms with van der Waals surface area (Å²) in [4.78, 5) is 12.3. The first-order valence-electron chi connectivity index (χ1n) is 7.60. The summed E-state index contributed by atoms with van der Waals surface area (Å²) in [7, 11) is 0. The largest absolute Gasteiger partial charge is 0.471 e. The first-order chi connectivity index (χ1) is 11.9. The Morgan fingerprint density at radius 3 is 2.80 bits per heavy atom. The van der Waals surface area contributed by atoms with Gasteiger partial charge in [-0.2, -0.15) is 5.10 Å². The van der Waals surface area contributed by atoms with Crippen LogP contribution in [0.3, 0.4) is 0 Å². The number of aromatic nitrogens is 3. The van der Waals surface area contributed by atoms with Crippen molar-refractivity contribution in [3.05, 3.63) is 58.2 Å². The predicted molar refractivity (Wildman–Crippen MR) is 93.0 cm³/mol. The van der Waals surface area contributed by atoms with E-state index in [0.717, 1.165) is 5.56 Å². The Labute approximate surface area is 149 Å². The highest BCUT2D eigenvalue weighted by molar-refractivity contribution is 6.31. The zero-order valence-electron chi connectivity index (χ0n) is 14.0. The average Bonchev–Trinajstić information content (AvgIpc) is 3.18. The molecule has 8 heteroatoms. The minimum absolute atomic E-state index is 0.180. The van der Waals surface area contributed by atoms with E-state index in [9.17, 15) is 4.79 Å². The summed E-state index contributed by atoms with van der Waals surface area (Å²) < 4.78 is 12.2. The van der Waals surface area contributed by atoms with Crippen molar-refractivity contribution >= 4 is 23.2 Å². The molecule has 2 heterocycles. The first kappa shape index (κ1) is 17.0. The molecule has 7 nitrogen and oxygen atoms in total. The summed E-state index contributed by atoms with van der Waals surface area (Å²) in [6, 6.07) is 7.02. The lowest BCUT2D eigenvalue weighted by atomic mass is 10.2. The molecule has 0 unspecified atom stereocenters. The molecule has 130 valence electrons. The van der Waals surface area contributed by atoms with E-state index < -0.39 is 0 Å². The van der Waals surface area contributed by atoms with Gasteiger partial charge in [-0.15, -0.1) is 0 Å². The molecule has 1 aromatic carbocycles. The number of anilines is 1. The van der Waals surface area contributed by atoms with Crippen LogP contribution < -0.4 is 10.1 Å². The molecule has 1 amide bonds. The number of nitrogens with one attached hydrogen (secondary N) is 1. The molecule has 0 fully saturated rings. The highest BCUT2D eigenvalue weighted by atomic mass is 35.5. The van der Waals surface area contributed by atoms with Crippen molar-refractivity contribution in [3.63, 3.8) is 0 Å². The van der Waals surface area contributed by atoms with Crippen LogP contribution in [0.4, 0.5) is 5.69 Å². The van der Waals surface area contributed by atoms with Gasteiger partial charge in [0.1, 0.15) is 17.1 Å². The quantitative estimate of drug-likeness (QED) is 0.749. The molecule has 0 bridgehead atoms. The number of nitrogens with zero attached hydrogens (tertiary/aromatic N) is 3. The van der Waals surface area contributed by atoms with E-state index in [1.165, 1.54) is 4.68 Å². The molecule has 3 aromatic rings. The zero-order chi connectivity index (χ0) is 18.0. The molecule has 0 radical (unpaired) electrons. The predicted octanol–water partition coefficient (Wildman–Crippen LogP) is 3.74. The van der Waals surface area contributed by atoms with Gasteiger partial charge in [0.25, 0.3) is 5.91 Å². The lowest BCUT2D eigenvalue weighted by Gasteiger charge is -2.07. The summed E-state index contributed by atoms with van der Waals surface area (Å²) >= 11 is 5.99. The van der Waals surface area contributed by atoms with Crippen LogP contribution in [0.1, 0.15) is 27.5 Å². The average molecular weight is 361 g/mol. The van der Waals surface area contributed by atoms with Crippen LogP contribution >= 0.6 is 11.6 Å². The number of hydrogen-bond acceptors (Lipinski definition) is 5. The second-order valence-electron chi connectivity index (χ2n) is 5.58. The smallest absolute Gasteiger partial charge is 0.276 e. The van der Waals surface area contributed by atoms with Crippen molar-refractivity contribution in [2.75, 3.05) is 5.32 Å². The minimum atomic E-state index is -0.338. The van der Waals surface area contributed by atoms with Gasteiger partial charge in [-0.25, -0.2) is 4.68 Å². The normalized spacial score (nSPS) is 10.7. The number of amides is 1. The van der Waals surface area contributed by atoms with Gasteiger partial charge >= 0.3 is 0 Å². The number of carbonyl (C=O) groups is 1. The van der Waals surface area contributed by atoms with E-state index in [-0.39, 0.29) is 18.3 Å². The van der Waals surface area contributed by atoms with Crippen molar-refractivity contribution in [1.29, 1.82) is 0 Å². The van der Waals surface area contributed by atoms with E-state index >= 15 is 0 Å². The molecular weight excluding hydrogens is 344 g/mol. The summed E-state index contributed by atoms with van der Waals surface area (Å²) in [6.07, 6.45) is 1.67. The number of hydrogen-bond donors (Lipinski definition) is 1. The highest BCUT2D eigenvalue weighted by Crippen LogP contribution is 2.21. The van der Waals surface area contributed by atoms with Crippen molar-refractivity contribution in [1.82, 2.24) is 14.9 Å². The minimum Gasteiger partial charge on any atom is -0.471 e. The second kappa shape index (κ2) is 6.98. The monoisotopic (exact) mass is 360 g/mol. The van der Waals surface area contributed by atoms with Gasteiger partial charge in [0.15, 0.2) is 18.2 Å². The molecule has 0 saturated heterocycles. The van der Waals surface area contributed by atoms with Crippen molar-refractivity contribution < 1.29 is 14.1 Å². The molecule has 0 spiro atoms. The Morgan fingerprint density at radius 1 is 1.32 bits per heavy atom. The van der Waals surface area contributed by atoms with Gasteiger partial charge < -0.3 is 14.6 Å². The van der Waals surface area contributed by atoms with Gasteiger partial charge in [-0.3, -0.25) is 4.79 Å². The number of rotatable bonds is 5. The van der Waals surface area contributed by atoms with Crippen molar-refractivity contribution in [2.45, 2.75) is 27.5 Å². The van der Waals surface area contributed by atoms with Crippen molar-refractivity contribution in [3.8, 4) is 5.75 Å². The lowest BCUT2D eigenvalue weighted by Crippen LogP contribution is -2.15. The number of ether oxygens (including phenoxy) is 1. The molecular formula is C17H17ClN4O3. The standard InChI is InChI=1S/C17H17ClN4O3/c1-10-8-13(4-5-14(10)18)24-9-22-7-6-15(20-22)17(23)19-16-11(2)21-25-12(16)3/h4-8H,9H2,1-3H3,(H,19,23). The van der Waals surface area contributed by atoms with Crippen LogP contribution in [0.25, 0.3) is 0 Å². The Morgan fingerprint density at radius 2 is 2.12 bits per heavy atom. The lowest BCUT2D eigenvalue weighted by molar-refractivity contribution is 0.102. The molecule has 0 aliphatic carbocycles. The molecule has 3 rings (SSSR count). The van der Waals surface area contributed by atoms with Crippen LogP contribution in [0.15, 0.2) is 35.0 Å². The maximum Gasteiger partial charge on any atom is 0.276 e. The molecule has 0 saturated carbocycles. The second-order valence-corrected chi connectivity index (χ2v) is 5.99. The zero-order valence-corrected chi connectivity index (χ0v) is 14.8. The van der Waals surface area contributed by atoms with E-state index in [1.54, 1.807) is 38.2 Å². The SMILES string of the molecule is Cc1cc(OCn2ccc(C(=O)Nc3c(C)noc3C)n2)ccc1Cl. The van der Waals surface area contributed by atoms with Crippen LogP contribution in [-0.2, 0) is 6.73 Å². The van der Waals surface area contributed by atoms with E-state index in [2.05, 4.69) is 15.6 Å². The summed E-state index contributed by atoms with van der Waals surface area (Å²) in [6.45, 7) is 5.57. The van der Waals surface area contributed by atoms with E-state index in [0.29, 0.717) is 27.9 Å². The summed E-state index contributed by atoms with van der Waals surface area (Å²) in [5, 5.41) is 11.4. The van der Waals surface area contributed by atoms with E-state index in [4.69, 9.17) is 20.9 Å². The third-order valence-electron chi connectivity index (χ3n) is 3.64. The van der Waals surface area contributed by atoms with E-state index in [1.807, 2.05) is 13.0 Å². The van der Waals surface area contributed by atoms with Gasteiger partial charge in [-0.05, 0) is 50.6 Å². The Balaban J connectivity index is 1.63. The Kier molecular flexibility index (Phi) is 4.76. The molecule has 2 aromatic heterocycles. The number of aryl methyl sites for hydroxylation is 3. The molecule has 25 heavy (non-hydrogen) atoms. The Bertz CT molecular complexity index is 897. The number of benzene rings is 1. The molecule has 0 aliphatic heterocycles. The fourth-order valence-corrected chi connectivity index (χ4v) is 2.36. The van der Waals surface area contributed by atoms with Crippen LogP contribution in [0.5, 0.6) is 5.75 Å². The maximum absolute atomic E-state index is 12.3. The third-order valence-corrected chi connectivity index (χ3v) is 4.06. The Hall–Kier alpha value is -2.80. The fraction of sp³-hybridized carbons (Fsp3) is 0.235. The first-order valence-corrected chi connectivity index (χ1v) is 7.98. The number of carbonyl (C=O) groups excluding carboxylic acids is 1. The topological polar surface area (TPSA) is 82.2 Å². The van der Waals surface area contributed by atoms with Gasteiger partial charge in [0, 0.05) is 11.2 Å². The molecule has 1 N–H and O–H groups in total. The van der Waals surface area contributed by atoms with Gasteiger partial charge in [0.05, 0.1) is 0 Å². The number of halogens is 1. The third kappa shape index (κ3) is 3.83. The van der Waals surface area contributed by atoms with Crippen LogP contribution in [0, 0.1) is 20.8 Å². The molecule has 0 aliphatic rings. The maximum atomic E-state index is 12.3.